The summed E-state index contributed by atoms with van der Waals surface area (Å²) in [6, 6.07) is 6.85. The maximum absolute atomic E-state index is 13.3. The molecule has 0 fully saturated rings. The Labute approximate surface area is 112 Å². The zero-order chi connectivity index (χ0) is 13.1. The van der Waals surface area contributed by atoms with E-state index < -0.39 is 11.6 Å². The first kappa shape index (κ1) is 13.2. The lowest BCUT2D eigenvalue weighted by Gasteiger charge is -2.02. The van der Waals surface area contributed by atoms with Crippen molar-refractivity contribution >= 4 is 28.9 Å². The van der Waals surface area contributed by atoms with Crippen molar-refractivity contribution in [3.63, 3.8) is 0 Å². The predicted molar refractivity (Wildman–Crippen MR) is 70.5 cm³/mol. The van der Waals surface area contributed by atoms with Gasteiger partial charge in [-0.05, 0) is 37.3 Å². The number of hydrogen-bond acceptors (Lipinski definition) is 3. The minimum Gasteiger partial charge on any atom is -0.292 e. The van der Waals surface area contributed by atoms with E-state index in [1.165, 1.54) is 11.3 Å². The van der Waals surface area contributed by atoms with Crippen LogP contribution in [0.2, 0.25) is 0 Å². The second-order valence-corrected chi connectivity index (χ2v) is 6.00. The van der Waals surface area contributed by atoms with Crippen molar-refractivity contribution in [2.75, 3.05) is 5.75 Å². The minimum absolute atomic E-state index is 0.0678. The van der Waals surface area contributed by atoms with Gasteiger partial charge in [0, 0.05) is 9.77 Å². The number of thioether (sulfide) groups is 1. The van der Waals surface area contributed by atoms with Crippen LogP contribution in [-0.2, 0) is 0 Å². The van der Waals surface area contributed by atoms with Crippen LogP contribution in [0.3, 0.4) is 0 Å². The molecule has 5 heteroatoms. The Kier molecular flexibility index (Phi) is 4.14. The van der Waals surface area contributed by atoms with Gasteiger partial charge in [-0.25, -0.2) is 8.78 Å². The highest BCUT2D eigenvalue weighted by Crippen LogP contribution is 2.25. The van der Waals surface area contributed by atoms with Crippen LogP contribution in [0.4, 0.5) is 8.78 Å². The Morgan fingerprint density at radius 2 is 2.06 bits per heavy atom. The number of halogens is 2. The smallest absolute Gasteiger partial charge is 0.182 e. The number of carbonyl (C=O) groups excluding carboxylic acids is 1. The largest absolute Gasteiger partial charge is 0.292 e. The average molecular weight is 284 g/mol. The first-order valence-electron chi connectivity index (χ1n) is 5.24. The highest BCUT2D eigenvalue weighted by Gasteiger charge is 2.11. The third kappa shape index (κ3) is 3.17. The van der Waals surface area contributed by atoms with Gasteiger partial charge in [0.25, 0.3) is 0 Å². The molecule has 0 aliphatic rings. The molecule has 1 aromatic heterocycles. The number of Topliss-reactive ketones (excluding diaryl/α,β-unsaturated/α-hetero) is 1. The monoisotopic (exact) mass is 284 g/mol. The summed E-state index contributed by atoms with van der Waals surface area (Å²) in [5.74, 6) is -0.961. The van der Waals surface area contributed by atoms with E-state index in [4.69, 9.17) is 0 Å². The van der Waals surface area contributed by atoms with E-state index in [-0.39, 0.29) is 16.4 Å². The maximum Gasteiger partial charge on any atom is 0.182 e. The van der Waals surface area contributed by atoms with E-state index in [0.717, 1.165) is 34.8 Å². The third-order valence-electron chi connectivity index (χ3n) is 2.27. The van der Waals surface area contributed by atoms with Crippen LogP contribution < -0.4 is 0 Å². The quantitative estimate of drug-likeness (QED) is 0.614. The highest BCUT2D eigenvalue weighted by molar-refractivity contribution is 8.00. The van der Waals surface area contributed by atoms with E-state index >= 15 is 0 Å². The predicted octanol–water partition coefficient (Wildman–Crippen LogP) is 4.31. The lowest BCUT2D eigenvalue weighted by atomic mass is 10.3. The first-order chi connectivity index (χ1) is 8.56. The van der Waals surface area contributed by atoms with E-state index in [0.29, 0.717) is 4.88 Å². The van der Waals surface area contributed by atoms with E-state index in [9.17, 15) is 13.6 Å². The first-order valence-corrected chi connectivity index (χ1v) is 7.04. The van der Waals surface area contributed by atoms with Crippen LogP contribution in [0.5, 0.6) is 0 Å². The van der Waals surface area contributed by atoms with Gasteiger partial charge in [0.2, 0.25) is 0 Å². The van der Waals surface area contributed by atoms with Crippen molar-refractivity contribution in [1.82, 2.24) is 0 Å². The minimum atomic E-state index is -0.503. The van der Waals surface area contributed by atoms with E-state index in [2.05, 4.69) is 0 Å². The number of carbonyl (C=O) groups is 1. The van der Waals surface area contributed by atoms with Crippen LogP contribution in [0.1, 0.15) is 14.5 Å². The Balaban J connectivity index is 2.03. The molecule has 0 spiro atoms. The van der Waals surface area contributed by atoms with Crippen LogP contribution in [0.15, 0.2) is 35.2 Å². The Morgan fingerprint density at radius 3 is 2.72 bits per heavy atom. The van der Waals surface area contributed by atoms with Crippen molar-refractivity contribution in [3.8, 4) is 0 Å². The molecule has 1 nitrogen and oxygen atoms in total. The highest BCUT2D eigenvalue weighted by atomic mass is 32.2. The number of ketones is 1. The number of hydrogen-bond donors (Lipinski definition) is 0. The molecular formula is C13H10F2OS2. The molecule has 2 rings (SSSR count). The molecule has 0 saturated heterocycles. The van der Waals surface area contributed by atoms with Crippen molar-refractivity contribution in [2.45, 2.75) is 11.8 Å². The van der Waals surface area contributed by atoms with Gasteiger partial charge < -0.3 is 0 Å². The molecule has 0 saturated carbocycles. The second kappa shape index (κ2) is 5.63. The summed E-state index contributed by atoms with van der Waals surface area (Å²) in [5.41, 5.74) is 0. The molecule has 0 bridgehead atoms. The fourth-order valence-corrected chi connectivity index (χ4v) is 3.13. The zero-order valence-electron chi connectivity index (χ0n) is 9.57. The summed E-state index contributed by atoms with van der Waals surface area (Å²) in [4.78, 5) is 13.7. The molecule has 0 atom stereocenters. The summed E-state index contributed by atoms with van der Waals surface area (Å²) >= 11 is 2.42. The average Bonchev–Trinajstić information content (AvgIpc) is 2.77. The van der Waals surface area contributed by atoms with E-state index in [1.54, 1.807) is 6.07 Å². The van der Waals surface area contributed by atoms with Crippen molar-refractivity contribution in [3.05, 3.63) is 51.7 Å². The topological polar surface area (TPSA) is 17.1 Å². The molecule has 0 radical (unpaired) electrons. The second-order valence-electron chi connectivity index (χ2n) is 3.70. The summed E-state index contributed by atoms with van der Waals surface area (Å²) in [6.45, 7) is 1.92. The van der Waals surface area contributed by atoms with Crippen LogP contribution in [-0.4, -0.2) is 11.5 Å². The van der Waals surface area contributed by atoms with Gasteiger partial charge in [-0.1, -0.05) is 0 Å². The molecule has 0 amide bonds. The number of aryl methyl sites for hydroxylation is 1. The zero-order valence-corrected chi connectivity index (χ0v) is 11.2. The standard InChI is InChI=1S/C13H10F2OS2/c1-8-2-5-12(18-8)11(16)7-17-13-6-9(14)3-4-10(13)15/h2-6H,7H2,1H3. The summed E-state index contributed by atoms with van der Waals surface area (Å²) < 4.78 is 26.3. The van der Waals surface area contributed by atoms with Crippen LogP contribution in [0, 0.1) is 18.6 Å². The molecule has 0 aliphatic carbocycles. The van der Waals surface area contributed by atoms with Crippen molar-refractivity contribution < 1.29 is 13.6 Å². The number of rotatable bonds is 4. The third-order valence-corrected chi connectivity index (χ3v) is 4.34. The van der Waals surface area contributed by atoms with Crippen molar-refractivity contribution in [2.24, 2.45) is 0 Å². The van der Waals surface area contributed by atoms with Gasteiger partial charge in [-0.2, -0.15) is 0 Å². The van der Waals surface area contributed by atoms with Crippen LogP contribution >= 0.6 is 23.1 Å². The summed E-state index contributed by atoms with van der Waals surface area (Å²) in [6.07, 6.45) is 0. The molecule has 94 valence electrons. The van der Waals surface area contributed by atoms with Gasteiger partial charge in [0.1, 0.15) is 11.6 Å². The van der Waals surface area contributed by atoms with Crippen molar-refractivity contribution in [1.29, 1.82) is 0 Å². The van der Waals surface area contributed by atoms with Gasteiger partial charge in [0.05, 0.1) is 10.6 Å². The molecule has 2 aromatic rings. The van der Waals surface area contributed by atoms with Gasteiger partial charge in [-0.15, -0.1) is 23.1 Å². The lowest BCUT2D eigenvalue weighted by Crippen LogP contribution is -1.99. The number of thiophene rings is 1. The SMILES string of the molecule is Cc1ccc(C(=O)CSc2cc(F)ccc2F)s1. The molecule has 1 aromatic carbocycles. The molecule has 18 heavy (non-hydrogen) atoms. The molecule has 0 unspecified atom stereocenters. The summed E-state index contributed by atoms with van der Waals surface area (Å²) in [5, 5.41) is 0. The maximum atomic E-state index is 13.3. The fraction of sp³-hybridized carbons (Fsp3) is 0.154. The number of benzene rings is 1. The lowest BCUT2D eigenvalue weighted by molar-refractivity contribution is 0.102. The fourth-order valence-electron chi connectivity index (χ4n) is 1.39. The molecule has 0 N–H and O–H groups in total. The Morgan fingerprint density at radius 1 is 1.28 bits per heavy atom. The van der Waals surface area contributed by atoms with Gasteiger partial charge in [-0.3, -0.25) is 4.79 Å². The molecule has 1 heterocycles. The normalized spacial score (nSPS) is 10.6. The van der Waals surface area contributed by atoms with E-state index in [1.807, 2.05) is 13.0 Å². The van der Waals surface area contributed by atoms with Gasteiger partial charge in [0.15, 0.2) is 5.78 Å². The molecule has 0 aliphatic heterocycles. The molecular weight excluding hydrogens is 274 g/mol. The summed E-state index contributed by atoms with van der Waals surface area (Å²) in [7, 11) is 0. The van der Waals surface area contributed by atoms with Crippen LogP contribution in [0.25, 0.3) is 0 Å². The Bertz CT molecular complexity index is 578. The Hall–Kier alpha value is -1.20. The van der Waals surface area contributed by atoms with Gasteiger partial charge >= 0.3 is 0 Å².